The highest BCUT2D eigenvalue weighted by molar-refractivity contribution is 8.19. The molecule has 1 aromatic heterocycles. The van der Waals surface area contributed by atoms with E-state index < -0.39 is 0 Å². The molecule has 2 aromatic carbocycles. The van der Waals surface area contributed by atoms with Crippen LogP contribution in [0.15, 0.2) is 83.0 Å². The van der Waals surface area contributed by atoms with Crippen molar-refractivity contribution in [3.63, 3.8) is 0 Å². The predicted octanol–water partition coefficient (Wildman–Crippen LogP) is 6.20. The van der Waals surface area contributed by atoms with E-state index in [-0.39, 0.29) is 5.91 Å². The van der Waals surface area contributed by atoms with Gasteiger partial charge in [-0.05, 0) is 53.7 Å². The number of amides is 1. The Bertz CT molecular complexity index is 1080. The lowest BCUT2D eigenvalue weighted by Crippen LogP contribution is -2.28. The molecule has 1 fully saturated rings. The zero-order valence-corrected chi connectivity index (χ0v) is 16.7. The van der Waals surface area contributed by atoms with Gasteiger partial charge in [-0.25, -0.2) is 4.99 Å². The summed E-state index contributed by atoms with van der Waals surface area (Å²) < 4.78 is 0. The molecule has 28 heavy (non-hydrogen) atoms. The van der Waals surface area contributed by atoms with Gasteiger partial charge in [0.15, 0.2) is 5.17 Å². The number of carbonyl (C=O) groups excluding carboxylic acids is 1. The first-order valence-corrected chi connectivity index (χ1v) is 9.92. The van der Waals surface area contributed by atoms with Crippen LogP contribution in [0.5, 0.6) is 0 Å². The molecule has 4 rings (SSSR count). The third-order valence-electron chi connectivity index (χ3n) is 3.96. The summed E-state index contributed by atoms with van der Waals surface area (Å²) in [5.41, 5.74) is 2.18. The normalized spacial score (nSPS) is 16.9. The first-order valence-electron chi connectivity index (χ1n) is 8.34. The van der Waals surface area contributed by atoms with Gasteiger partial charge in [-0.3, -0.25) is 14.7 Å². The molecule has 0 N–H and O–H groups in total. The summed E-state index contributed by atoms with van der Waals surface area (Å²) >= 11 is 13.5. The van der Waals surface area contributed by atoms with Crippen molar-refractivity contribution in [2.75, 3.05) is 4.90 Å². The second kappa shape index (κ2) is 8.19. The zero-order chi connectivity index (χ0) is 19.5. The van der Waals surface area contributed by atoms with Gasteiger partial charge in [0.2, 0.25) is 0 Å². The van der Waals surface area contributed by atoms with Crippen LogP contribution in [0.3, 0.4) is 0 Å². The summed E-state index contributed by atoms with van der Waals surface area (Å²) in [6.45, 7) is 0. The SMILES string of the molecule is O=C1/C(=C/c2ccc(Cl)cc2)SC(=Nc2ccncc2Cl)N1c1ccccc1. The van der Waals surface area contributed by atoms with Crippen LogP contribution < -0.4 is 4.90 Å². The number of aliphatic imine (C=N–C) groups is 1. The molecule has 2 heterocycles. The monoisotopic (exact) mass is 425 g/mol. The Balaban J connectivity index is 1.78. The summed E-state index contributed by atoms with van der Waals surface area (Å²) in [5.74, 6) is -0.143. The molecular formula is C21H13Cl2N3OS. The van der Waals surface area contributed by atoms with Crippen molar-refractivity contribution >= 4 is 63.5 Å². The van der Waals surface area contributed by atoms with Crippen molar-refractivity contribution in [3.05, 3.63) is 93.6 Å². The number of hydrogen-bond donors (Lipinski definition) is 0. The molecule has 1 aliphatic rings. The lowest BCUT2D eigenvalue weighted by Gasteiger charge is -2.15. The fraction of sp³-hybridized carbons (Fsp3) is 0. The van der Waals surface area contributed by atoms with Crippen LogP contribution in [0.4, 0.5) is 11.4 Å². The highest BCUT2D eigenvalue weighted by Gasteiger charge is 2.34. The molecule has 0 unspecified atom stereocenters. The number of thioether (sulfide) groups is 1. The van der Waals surface area contributed by atoms with E-state index in [0.717, 1.165) is 11.3 Å². The lowest BCUT2D eigenvalue weighted by atomic mass is 10.2. The molecule has 138 valence electrons. The average molecular weight is 426 g/mol. The van der Waals surface area contributed by atoms with E-state index in [2.05, 4.69) is 9.98 Å². The van der Waals surface area contributed by atoms with E-state index in [9.17, 15) is 4.79 Å². The van der Waals surface area contributed by atoms with E-state index in [0.29, 0.717) is 25.8 Å². The summed E-state index contributed by atoms with van der Waals surface area (Å²) in [6.07, 6.45) is 4.97. The Hall–Kier alpha value is -2.60. The van der Waals surface area contributed by atoms with Crippen LogP contribution in [0, 0.1) is 0 Å². The summed E-state index contributed by atoms with van der Waals surface area (Å²) in [4.78, 5) is 23.9. The molecule has 1 aliphatic heterocycles. The Kier molecular flexibility index (Phi) is 5.48. The maximum Gasteiger partial charge on any atom is 0.271 e. The minimum absolute atomic E-state index is 0.143. The number of halogens is 2. The standard InChI is InChI=1S/C21H13Cl2N3OS/c22-15-8-6-14(7-9-15)12-19-20(27)26(16-4-2-1-3-5-16)21(28-19)25-18-10-11-24-13-17(18)23/h1-13H/b19-12-,25-21?. The molecule has 3 aromatic rings. The first-order chi connectivity index (χ1) is 13.6. The van der Waals surface area contributed by atoms with Gasteiger partial charge in [0.05, 0.1) is 21.3 Å². The maximum absolute atomic E-state index is 13.1. The van der Waals surface area contributed by atoms with Crippen molar-refractivity contribution in [3.8, 4) is 0 Å². The van der Waals surface area contributed by atoms with Gasteiger partial charge in [0.1, 0.15) is 0 Å². The van der Waals surface area contributed by atoms with Crippen LogP contribution in [0.1, 0.15) is 5.56 Å². The van der Waals surface area contributed by atoms with Gasteiger partial charge in [-0.1, -0.05) is 53.5 Å². The Morgan fingerprint density at radius 2 is 1.75 bits per heavy atom. The minimum atomic E-state index is -0.143. The number of para-hydroxylation sites is 1. The second-order valence-electron chi connectivity index (χ2n) is 5.86. The maximum atomic E-state index is 13.1. The second-order valence-corrected chi connectivity index (χ2v) is 7.71. The van der Waals surface area contributed by atoms with Crippen LogP contribution >= 0.6 is 35.0 Å². The van der Waals surface area contributed by atoms with Gasteiger partial charge < -0.3 is 0 Å². The third kappa shape index (κ3) is 3.97. The van der Waals surface area contributed by atoms with Gasteiger partial charge in [-0.15, -0.1) is 0 Å². The van der Waals surface area contributed by atoms with Gasteiger partial charge >= 0.3 is 0 Å². The van der Waals surface area contributed by atoms with E-state index >= 15 is 0 Å². The predicted molar refractivity (Wildman–Crippen MR) is 117 cm³/mol. The Labute approximate surface area is 176 Å². The van der Waals surface area contributed by atoms with Crippen molar-refractivity contribution in [2.24, 2.45) is 4.99 Å². The van der Waals surface area contributed by atoms with E-state index in [1.807, 2.05) is 48.5 Å². The summed E-state index contributed by atoms with van der Waals surface area (Å²) in [6, 6.07) is 18.4. The van der Waals surface area contributed by atoms with Crippen molar-refractivity contribution in [1.82, 2.24) is 4.98 Å². The molecule has 1 saturated heterocycles. The molecule has 0 bridgehead atoms. The quantitative estimate of drug-likeness (QED) is 0.469. The number of pyridine rings is 1. The van der Waals surface area contributed by atoms with E-state index in [1.54, 1.807) is 29.3 Å². The average Bonchev–Trinajstić information content (AvgIpc) is 3.01. The number of hydrogen-bond acceptors (Lipinski definition) is 4. The molecule has 0 atom stereocenters. The summed E-state index contributed by atoms with van der Waals surface area (Å²) in [7, 11) is 0. The smallest absolute Gasteiger partial charge is 0.268 e. The fourth-order valence-corrected chi connectivity index (χ4v) is 3.91. The Morgan fingerprint density at radius 1 is 1.00 bits per heavy atom. The highest BCUT2D eigenvalue weighted by Crippen LogP contribution is 2.38. The molecule has 4 nitrogen and oxygen atoms in total. The summed E-state index contributed by atoms with van der Waals surface area (Å²) in [5, 5.41) is 1.60. The van der Waals surface area contributed by atoms with Crippen LogP contribution in [0.2, 0.25) is 10.0 Å². The van der Waals surface area contributed by atoms with Crippen LogP contribution in [-0.2, 0) is 4.79 Å². The number of anilines is 1. The number of carbonyl (C=O) groups is 1. The molecule has 0 aliphatic carbocycles. The van der Waals surface area contributed by atoms with E-state index in [1.165, 1.54) is 18.0 Å². The number of benzene rings is 2. The molecular weight excluding hydrogens is 413 g/mol. The molecule has 0 spiro atoms. The fourth-order valence-electron chi connectivity index (χ4n) is 2.63. The van der Waals surface area contributed by atoms with Crippen molar-refractivity contribution < 1.29 is 4.79 Å². The largest absolute Gasteiger partial charge is 0.271 e. The number of aromatic nitrogens is 1. The molecule has 7 heteroatoms. The number of rotatable bonds is 3. The Morgan fingerprint density at radius 3 is 2.46 bits per heavy atom. The lowest BCUT2D eigenvalue weighted by molar-refractivity contribution is -0.113. The molecule has 0 radical (unpaired) electrons. The zero-order valence-electron chi connectivity index (χ0n) is 14.4. The molecule has 1 amide bonds. The van der Waals surface area contributed by atoms with Crippen LogP contribution in [-0.4, -0.2) is 16.1 Å². The number of nitrogens with zero attached hydrogens (tertiary/aromatic N) is 3. The van der Waals surface area contributed by atoms with Crippen molar-refractivity contribution in [1.29, 1.82) is 0 Å². The van der Waals surface area contributed by atoms with Gasteiger partial charge in [0, 0.05) is 17.4 Å². The van der Waals surface area contributed by atoms with Gasteiger partial charge in [-0.2, -0.15) is 0 Å². The highest BCUT2D eigenvalue weighted by atomic mass is 35.5. The minimum Gasteiger partial charge on any atom is -0.268 e. The topological polar surface area (TPSA) is 45.6 Å². The van der Waals surface area contributed by atoms with E-state index in [4.69, 9.17) is 23.2 Å². The first kappa shape index (κ1) is 18.7. The van der Waals surface area contributed by atoms with Gasteiger partial charge in [0.25, 0.3) is 5.91 Å². The van der Waals surface area contributed by atoms with Crippen molar-refractivity contribution in [2.45, 2.75) is 0 Å². The third-order valence-corrected chi connectivity index (χ3v) is 5.47. The van der Waals surface area contributed by atoms with Crippen LogP contribution in [0.25, 0.3) is 6.08 Å². The molecule has 0 saturated carbocycles. The number of amidine groups is 1.